The minimum atomic E-state index is -0.0333. The van der Waals surface area contributed by atoms with Crippen LogP contribution in [0.3, 0.4) is 0 Å². The van der Waals surface area contributed by atoms with Crippen molar-refractivity contribution in [3.05, 3.63) is 18.0 Å². The van der Waals surface area contributed by atoms with Gasteiger partial charge in [-0.05, 0) is 18.9 Å². The summed E-state index contributed by atoms with van der Waals surface area (Å²) >= 11 is 0. The molecule has 1 aromatic heterocycles. The van der Waals surface area contributed by atoms with Crippen molar-refractivity contribution in [2.24, 2.45) is 5.73 Å². The van der Waals surface area contributed by atoms with Crippen molar-refractivity contribution < 1.29 is 4.74 Å². The zero-order valence-corrected chi connectivity index (χ0v) is 9.89. The first-order valence-electron chi connectivity index (χ1n) is 5.66. The summed E-state index contributed by atoms with van der Waals surface area (Å²) < 4.78 is 5.33. The van der Waals surface area contributed by atoms with Gasteiger partial charge in [0.1, 0.15) is 11.5 Å². The number of amidine groups is 1. The second-order valence-electron chi connectivity index (χ2n) is 4.11. The molecule has 2 rings (SSSR count). The van der Waals surface area contributed by atoms with E-state index >= 15 is 0 Å². The Kier molecular flexibility index (Phi) is 3.53. The Labute approximate surface area is 100 Å². The molecule has 0 aliphatic carbocycles. The molecule has 6 heteroatoms. The first-order chi connectivity index (χ1) is 8.18. The number of hydrogen-bond donors (Lipinski definition) is 2. The summed E-state index contributed by atoms with van der Waals surface area (Å²) in [5.74, 6) is 0.582. The normalized spacial score (nSPS) is 16.8. The highest BCUT2D eigenvalue weighted by Crippen LogP contribution is 2.17. The molecule has 92 valence electrons. The summed E-state index contributed by atoms with van der Waals surface area (Å²) in [6, 6.07) is 2.04. The Morgan fingerprint density at radius 1 is 1.53 bits per heavy atom. The molecule has 0 amide bonds. The highest BCUT2D eigenvalue weighted by atomic mass is 16.5. The van der Waals surface area contributed by atoms with Gasteiger partial charge in [-0.2, -0.15) is 0 Å². The van der Waals surface area contributed by atoms with Crippen LogP contribution in [0.4, 0.5) is 5.95 Å². The van der Waals surface area contributed by atoms with Crippen LogP contribution in [0.2, 0.25) is 0 Å². The lowest BCUT2D eigenvalue weighted by Crippen LogP contribution is -2.37. The van der Waals surface area contributed by atoms with Crippen molar-refractivity contribution in [2.75, 3.05) is 25.2 Å². The molecule has 0 saturated carbocycles. The Morgan fingerprint density at radius 2 is 2.24 bits per heavy atom. The fourth-order valence-electron chi connectivity index (χ4n) is 1.90. The average Bonchev–Trinajstić information content (AvgIpc) is 2.39. The molecular weight excluding hydrogens is 218 g/mol. The molecule has 1 fully saturated rings. The molecule has 17 heavy (non-hydrogen) atoms. The van der Waals surface area contributed by atoms with Crippen LogP contribution in [0.5, 0.6) is 0 Å². The molecule has 0 atom stereocenters. The zero-order valence-electron chi connectivity index (χ0n) is 9.89. The van der Waals surface area contributed by atoms with Gasteiger partial charge >= 0.3 is 0 Å². The standard InChI is InChI=1S/C11H17N5O/c1-16(8-3-6-17-7-4-8)11-14-5-2-9(15-11)10(12)13/h2,5,8H,3-4,6-7H2,1H3,(H3,12,13). The maximum absolute atomic E-state index is 7.37. The molecule has 0 unspecified atom stereocenters. The smallest absolute Gasteiger partial charge is 0.225 e. The predicted molar refractivity (Wildman–Crippen MR) is 65.3 cm³/mol. The fourth-order valence-corrected chi connectivity index (χ4v) is 1.90. The number of nitrogens with one attached hydrogen (secondary N) is 1. The monoisotopic (exact) mass is 235 g/mol. The molecule has 0 spiro atoms. The molecular formula is C11H17N5O. The summed E-state index contributed by atoms with van der Waals surface area (Å²) in [5, 5.41) is 7.37. The lowest BCUT2D eigenvalue weighted by molar-refractivity contribution is 0.0852. The van der Waals surface area contributed by atoms with Gasteiger partial charge in [0.05, 0.1) is 0 Å². The molecule has 3 N–H and O–H groups in total. The van der Waals surface area contributed by atoms with E-state index in [9.17, 15) is 0 Å². The third kappa shape index (κ3) is 2.71. The molecule has 0 bridgehead atoms. The maximum Gasteiger partial charge on any atom is 0.225 e. The van der Waals surface area contributed by atoms with E-state index in [0.29, 0.717) is 17.7 Å². The second kappa shape index (κ2) is 5.09. The number of anilines is 1. The van der Waals surface area contributed by atoms with Crippen molar-refractivity contribution in [1.29, 1.82) is 5.41 Å². The van der Waals surface area contributed by atoms with Crippen LogP contribution in [-0.2, 0) is 4.74 Å². The molecule has 1 aromatic rings. The van der Waals surface area contributed by atoms with Crippen molar-refractivity contribution in [3.8, 4) is 0 Å². The van der Waals surface area contributed by atoms with Gasteiger partial charge in [0.15, 0.2) is 0 Å². The molecule has 0 radical (unpaired) electrons. The third-order valence-electron chi connectivity index (χ3n) is 2.97. The number of aromatic nitrogens is 2. The van der Waals surface area contributed by atoms with Crippen LogP contribution in [0.25, 0.3) is 0 Å². The third-order valence-corrected chi connectivity index (χ3v) is 2.97. The Bertz CT molecular complexity index is 403. The predicted octanol–water partition coefficient (Wildman–Crippen LogP) is 0.376. The van der Waals surface area contributed by atoms with Crippen LogP contribution in [-0.4, -0.2) is 42.1 Å². The van der Waals surface area contributed by atoms with Crippen LogP contribution < -0.4 is 10.6 Å². The number of rotatable bonds is 3. The van der Waals surface area contributed by atoms with Gasteiger partial charge in [-0.3, -0.25) is 5.41 Å². The number of nitrogens with two attached hydrogens (primary N) is 1. The van der Waals surface area contributed by atoms with Crippen molar-refractivity contribution in [3.63, 3.8) is 0 Å². The molecule has 1 saturated heterocycles. The quantitative estimate of drug-likeness (QED) is 0.584. The van der Waals surface area contributed by atoms with Crippen LogP contribution in [0.1, 0.15) is 18.5 Å². The first kappa shape index (κ1) is 11.8. The highest BCUT2D eigenvalue weighted by molar-refractivity contribution is 5.93. The number of hydrogen-bond acceptors (Lipinski definition) is 5. The Morgan fingerprint density at radius 3 is 2.88 bits per heavy atom. The van der Waals surface area contributed by atoms with Gasteiger partial charge in [-0.15, -0.1) is 0 Å². The largest absolute Gasteiger partial charge is 0.382 e. The highest BCUT2D eigenvalue weighted by Gasteiger charge is 2.20. The molecule has 1 aliphatic rings. The molecule has 1 aliphatic heterocycles. The second-order valence-corrected chi connectivity index (χ2v) is 4.11. The van der Waals surface area contributed by atoms with Gasteiger partial charge in [-0.1, -0.05) is 0 Å². The van der Waals surface area contributed by atoms with E-state index < -0.39 is 0 Å². The molecule has 6 nitrogen and oxygen atoms in total. The van der Waals surface area contributed by atoms with Gasteiger partial charge < -0.3 is 15.4 Å². The van der Waals surface area contributed by atoms with Crippen LogP contribution >= 0.6 is 0 Å². The SMILES string of the molecule is CN(c1nccc(C(=N)N)n1)C1CCOCC1. The van der Waals surface area contributed by atoms with Gasteiger partial charge in [0.2, 0.25) is 5.95 Å². The lowest BCUT2D eigenvalue weighted by Gasteiger charge is -2.31. The fraction of sp³-hybridized carbons (Fsp3) is 0.545. The summed E-state index contributed by atoms with van der Waals surface area (Å²) in [4.78, 5) is 10.5. The van der Waals surface area contributed by atoms with Crippen LogP contribution in [0, 0.1) is 5.41 Å². The van der Waals surface area contributed by atoms with Gasteiger partial charge in [0, 0.05) is 32.5 Å². The van der Waals surface area contributed by atoms with E-state index in [1.54, 1.807) is 12.3 Å². The van der Waals surface area contributed by atoms with Crippen LogP contribution in [0.15, 0.2) is 12.3 Å². The van der Waals surface area contributed by atoms with Gasteiger partial charge in [-0.25, -0.2) is 9.97 Å². The Balaban J connectivity index is 2.14. The van der Waals surface area contributed by atoms with E-state index in [1.807, 2.05) is 11.9 Å². The van der Waals surface area contributed by atoms with E-state index in [-0.39, 0.29) is 5.84 Å². The van der Waals surface area contributed by atoms with E-state index in [0.717, 1.165) is 26.1 Å². The zero-order chi connectivity index (χ0) is 12.3. The summed E-state index contributed by atoms with van der Waals surface area (Å²) in [6.07, 6.45) is 3.59. The number of ether oxygens (including phenoxy) is 1. The van der Waals surface area contributed by atoms with Crippen molar-refractivity contribution in [2.45, 2.75) is 18.9 Å². The minimum absolute atomic E-state index is 0.0333. The number of nitrogen functional groups attached to an aromatic ring is 1. The molecule has 2 heterocycles. The Hall–Kier alpha value is -1.69. The van der Waals surface area contributed by atoms with Crippen molar-refractivity contribution in [1.82, 2.24) is 9.97 Å². The van der Waals surface area contributed by atoms with Gasteiger partial charge in [0.25, 0.3) is 0 Å². The first-order valence-corrected chi connectivity index (χ1v) is 5.66. The topological polar surface area (TPSA) is 88.1 Å². The van der Waals surface area contributed by atoms with E-state index in [4.69, 9.17) is 15.9 Å². The summed E-state index contributed by atoms with van der Waals surface area (Å²) in [5.41, 5.74) is 5.88. The maximum atomic E-state index is 7.37. The van der Waals surface area contributed by atoms with Crippen molar-refractivity contribution >= 4 is 11.8 Å². The minimum Gasteiger partial charge on any atom is -0.382 e. The van der Waals surface area contributed by atoms with E-state index in [2.05, 4.69) is 9.97 Å². The average molecular weight is 235 g/mol. The summed E-state index contributed by atoms with van der Waals surface area (Å²) in [7, 11) is 1.97. The summed E-state index contributed by atoms with van der Waals surface area (Å²) in [6.45, 7) is 1.56. The van der Waals surface area contributed by atoms with E-state index in [1.165, 1.54) is 0 Å². The molecule has 0 aromatic carbocycles. The lowest BCUT2D eigenvalue weighted by atomic mass is 10.1. The number of nitrogens with zero attached hydrogens (tertiary/aromatic N) is 3.